The van der Waals surface area contributed by atoms with Crippen LogP contribution in [0.4, 0.5) is 0 Å². The summed E-state index contributed by atoms with van der Waals surface area (Å²) in [4.78, 5) is 25.1. The molecule has 18 heavy (non-hydrogen) atoms. The lowest BCUT2D eigenvalue weighted by Gasteiger charge is -2.19. The van der Waals surface area contributed by atoms with Gasteiger partial charge in [-0.05, 0) is 5.53 Å². The molecule has 0 amide bonds. The number of carbonyl (C=O) groups is 2. The van der Waals surface area contributed by atoms with Crippen LogP contribution in [-0.4, -0.2) is 52.9 Å². The fraction of sp³-hybridized carbons (Fsp3) is 0.714. The Morgan fingerprint density at radius 2 is 1.78 bits per heavy atom. The van der Waals surface area contributed by atoms with Crippen molar-refractivity contribution >= 4 is 22.0 Å². The molecule has 0 aliphatic carbocycles. The minimum Gasteiger partial charge on any atom is -0.469 e. The highest BCUT2D eigenvalue weighted by molar-refractivity contribution is 7.88. The van der Waals surface area contributed by atoms with Crippen LogP contribution >= 0.6 is 0 Å². The molecule has 11 heteroatoms. The predicted octanol–water partition coefficient (Wildman–Crippen LogP) is -1.07. The molecule has 1 N–H and O–H groups in total. The van der Waals surface area contributed by atoms with Gasteiger partial charge in [-0.25, -0.2) is 13.1 Å². The molecular formula is C7H12N4O6S. The van der Waals surface area contributed by atoms with Crippen LogP contribution in [0.15, 0.2) is 5.11 Å². The van der Waals surface area contributed by atoms with E-state index < -0.39 is 34.0 Å². The van der Waals surface area contributed by atoms with Gasteiger partial charge < -0.3 is 9.47 Å². The topological polar surface area (TPSA) is 148 Å². The van der Waals surface area contributed by atoms with Crippen LogP contribution in [0.25, 0.3) is 10.4 Å². The summed E-state index contributed by atoms with van der Waals surface area (Å²) >= 11 is 0. The summed E-state index contributed by atoms with van der Waals surface area (Å²) in [6, 6.07) is -3.38. The Morgan fingerprint density at radius 1 is 1.28 bits per heavy atom. The van der Waals surface area contributed by atoms with Crippen LogP contribution in [0.1, 0.15) is 0 Å². The number of esters is 2. The molecule has 0 aliphatic rings. The maximum absolute atomic E-state index is 11.4. The Hall–Kier alpha value is -1.84. The van der Waals surface area contributed by atoms with Gasteiger partial charge in [-0.2, -0.15) is 0 Å². The van der Waals surface area contributed by atoms with Crippen LogP contribution in [0.5, 0.6) is 0 Å². The van der Waals surface area contributed by atoms with Crippen molar-refractivity contribution in [2.45, 2.75) is 12.1 Å². The highest BCUT2D eigenvalue weighted by atomic mass is 32.2. The maximum Gasteiger partial charge on any atom is 0.324 e. The third-order valence-electron chi connectivity index (χ3n) is 1.73. The minimum absolute atomic E-state index is 0.771. The molecule has 0 bridgehead atoms. The molecule has 0 heterocycles. The fourth-order valence-corrected chi connectivity index (χ4v) is 1.71. The second-order valence-corrected chi connectivity index (χ2v) is 4.84. The van der Waals surface area contributed by atoms with E-state index in [9.17, 15) is 18.0 Å². The standard InChI is InChI=1S/C7H12N4O6S/c1-16-6(12)4(9-11-8)5(7(13)17-2)10-18(3,14)15/h4-5,10H,1-3H3/t4-,5+/m1/s1. The first-order valence-electron chi connectivity index (χ1n) is 4.44. The van der Waals surface area contributed by atoms with E-state index in [0.29, 0.717) is 0 Å². The Morgan fingerprint density at radius 3 is 2.11 bits per heavy atom. The molecule has 0 rings (SSSR count). The summed E-state index contributed by atoms with van der Waals surface area (Å²) in [6.45, 7) is 0. The van der Waals surface area contributed by atoms with Gasteiger partial charge in [0, 0.05) is 4.91 Å². The molecule has 0 radical (unpaired) electrons. The van der Waals surface area contributed by atoms with Gasteiger partial charge in [-0.15, -0.1) is 0 Å². The van der Waals surface area contributed by atoms with Crippen LogP contribution < -0.4 is 4.72 Å². The smallest absolute Gasteiger partial charge is 0.324 e. The normalized spacial score (nSPS) is 13.9. The molecule has 0 aromatic carbocycles. The van der Waals surface area contributed by atoms with Gasteiger partial charge in [0.25, 0.3) is 0 Å². The van der Waals surface area contributed by atoms with Crippen LogP contribution in [-0.2, 0) is 29.1 Å². The fourth-order valence-electron chi connectivity index (χ4n) is 1.03. The van der Waals surface area contributed by atoms with Crippen LogP contribution in [0.3, 0.4) is 0 Å². The Kier molecular flexibility index (Phi) is 6.09. The zero-order valence-corrected chi connectivity index (χ0v) is 10.7. The lowest BCUT2D eigenvalue weighted by Crippen LogP contribution is -2.51. The number of azide groups is 1. The number of sulfonamides is 1. The molecule has 0 aromatic heterocycles. The third-order valence-corrected chi connectivity index (χ3v) is 2.41. The summed E-state index contributed by atoms with van der Waals surface area (Å²) in [7, 11) is -1.84. The van der Waals surface area contributed by atoms with Crippen molar-refractivity contribution in [3.63, 3.8) is 0 Å². The first kappa shape index (κ1) is 16.2. The summed E-state index contributed by atoms with van der Waals surface area (Å²) in [5.41, 5.74) is 8.30. The van der Waals surface area contributed by atoms with E-state index in [0.717, 1.165) is 20.5 Å². The molecule has 0 fully saturated rings. The van der Waals surface area contributed by atoms with Crippen molar-refractivity contribution in [2.24, 2.45) is 5.11 Å². The number of hydrogen-bond acceptors (Lipinski definition) is 7. The molecule has 2 atom stereocenters. The zero-order chi connectivity index (χ0) is 14.3. The van der Waals surface area contributed by atoms with E-state index in [1.807, 2.05) is 4.72 Å². The second-order valence-electron chi connectivity index (χ2n) is 3.06. The number of rotatable bonds is 6. The van der Waals surface area contributed by atoms with E-state index in [2.05, 4.69) is 19.5 Å². The van der Waals surface area contributed by atoms with Gasteiger partial charge in [0.05, 0.1) is 20.5 Å². The van der Waals surface area contributed by atoms with Crippen LogP contribution in [0, 0.1) is 0 Å². The lowest BCUT2D eigenvalue weighted by atomic mass is 10.1. The number of nitrogens with one attached hydrogen (secondary N) is 1. The Bertz CT molecular complexity index is 468. The third kappa shape index (κ3) is 4.99. The molecule has 102 valence electrons. The quantitative estimate of drug-likeness (QED) is 0.283. The number of nitrogens with zero attached hydrogens (tertiary/aromatic N) is 3. The minimum atomic E-state index is -3.83. The molecule has 10 nitrogen and oxygen atoms in total. The second kappa shape index (κ2) is 6.79. The van der Waals surface area contributed by atoms with E-state index in [1.165, 1.54) is 0 Å². The van der Waals surface area contributed by atoms with Gasteiger partial charge in [0.1, 0.15) is 6.04 Å². The first-order valence-corrected chi connectivity index (χ1v) is 6.33. The van der Waals surface area contributed by atoms with Gasteiger partial charge >= 0.3 is 11.9 Å². The SMILES string of the molecule is COC(=O)[C@@H](NS(C)(=O)=O)[C@@H](N=[N+]=[N-])C(=O)OC. The monoisotopic (exact) mass is 280 g/mol. The molecule has 0 unspecified atom stereocenters. The Labute approximate surface area is 103 Å². The summed E-state index contributed by atoms with van der Waals surface area (Å²) < 4.78 is 32.6. The summed E-state index contributed by atoms with van der Waals surface area (Å²) in [5.74, 6) is -2.15. The van der Waals surface area contributed by atoms with Crippen molar-refractivity contribution < 1.29 is 27.5 Å². The van der Waals surface area contributed by atoms with E-state index in [4.69, 9.17) is 5.53 Å². The molecule has 0 aliphatic heterocycles. The average molecular weight is 280 g/mol. The molecule has 0 spiro atoms. The maximum atomic E-state index is 11.4. The van der Waals surface area contributed by atoms with Crippen molar-refractivity contribution in [2.75, 3.05) is 20.5 Å². The zero-order valence-electron chi connectivity index (χ0n) is 9.85. The van der Waals surface area contributed by atoms with Gasteiger partial charge in [0.15, 0.2) is 6.04 Å². The van der Waals surface area contributed by atoms with Crippen LogP contribution in [0.2, 0.25) is 0 Å². The van der Waals surface area contributed by atoms with Crippen molar-refractivity contribution in [3.8, 4) is 0 Å². The number of methoxy groups -OCH3 is 2. The van der Waals surface area contributed by atoms with E-state index in [1.54, 1.807) is 0 Å². The van der Waals surface area contributed by atoms with Gasteiger partial charge in [0.2, 0.25) is 10.0 Å². The first-order chi connectivity index (χ1) is 8.26. The number of carbonyl (C=O) groups excluding carboxylic acids is 2. The molecule has 0 saturated heterocycles. The molecule has 0 saturated carbocycles. The van der Waals surface area contributed by atoms with Crippen molar-refractivity contribution in [1.82, 2.24) is 4.72 Å². The van der Waals surface area contributed by atoms with E-state index >= 15 is 0 Å². The Balaban J connectivity index is 5.43. The molecular weight excluding hydrogens is 268 g/mol. The summed E-state index contributed by atoms with van der Waals surface area (Å²) in [6.07, 6.45) is 0.771. The van der Waals surface area contributed by atoms with Crippen molar-refractivity contribution in [1.29, 1.82) is 0 Å². The highest BCUT2D eigenvalue weighted by Gasteiger charge is 2.36. The van der Waals surface area contributed by atoms with Gasteiger partial charge in [-0.3, -0.25) is 9.59 Å². The lowest BCUT2D eigenvalue weighted by molar-refractivity contribution is -0.150. The molecule has 0 aromatic rings. The summed E-state index contributed by atoms with van der Waals surface area (Å²) in [5, 5.41) is 3.03. The number of hydrogen-bond donors (Lipinski definition) is 1. The predicted molar refractivity (Wildman–Crippen MR) is 58.7 cm³/mol. The average Bonchev–Trinajstić information content (AvgIpc) is 2.30. The largest absolute Gasteiger partial charge is 0.469 e. The highest BCUT2D eigenvalue weighted by Crippen LogP contribution is 2.06. The van der Waals surface area contributed by atoms with E-state index in [-0.39, 0.29) is 0 Å². The van der Waals surface area contributed by atoms with Crippen molar-refractivity contribution in [3.05, 3.63) is 10.4 Å². The number of ether oxygens (including phenoxy) is 2. The van der Waals surface area contributed by atoms with Gasteiger partial charge in [-0.1, -0.05) is 5.11 Å².